The lowest BCUT2D eigenvalue weighted by atomic mass is 10.0. The number of esters is 3. The van der Waals surface area contributed by atoms with Crippen LogP contribution in [0.15, 0.2) is 134 Å². The van der Waals surface area contributed by atoms with Crippen LogP contribution in [0.5, 0.6) is 0 Å². The van der Waals surface area contributed by atoms with Crippen molar-refractivity contribution in [3.8, 4) is 0 Å². The molecule has 0 radical (unpaired) electrons. The van der Waals surface area contributed by atoms with Gasteiger partial charge < -0.3 is 14.2 Å². The molecule has 6 heteroatoms. The van der Waals surface area contributed by atoms with Gasteiger partial charge in [-0.1, -0.05) is 296 Å². The highest BCUT2D eigenvalue weighted by atomic mass is 16.6. The van der Waals surface area contributed by atoms with Gasteiger partial charge in [-0.25, -0.2) is 0 Å². The maximum Gasteiger partial charge on any atom is 0.306 e. The molecule has 0 aromatic carbocycles. The molecule has 79 heavy (non-hydrogen) atoms. The summed E-state index contributed by atoms with van der Waals surface area (Å²) in [5, 5.41) is 0. The predicted octanol–water partition coefficient (Wildman–Crippen LogP) is 22.5. The van der Waals surface area contributed by atoms with E-state index in [1.165, 1.54) is 128 Å². The first-order valence-corrected chi connectivity index (χ1v) is 32.7. The van der Waals surface area contributed by atoms with Gasteiger partial charge in [0.25, 0.3) is 0 Å². The Bertz CT molecular complexity index is 1680. The van der Waals surface area contributed by atoms with E-state index >= 15 is 0 Å². The molecule has 1 unspecified atom stereocenters. The Morgan fingerprint density at radius 2 is 0.506 bits per heavy atom. The summed E-state index contributed by atoms with van der Waals surface area (Å²) in [5.74, 6) is -0.965. The molecule has 1 atom stereocenters. The molecule has 0 aromatic rings. The minimum absolute atomic E-state index is 0.101. The highest BCUT2D eigenvalue weighted by Gasteiger charge is 2.19. The van der Waals surface area contributed by atoms with Crippen LogP contribution in [0, 0.1) is 0 Å². The molecule has 0 aliphatic heterocycles. The maximum atomic E-state index is 12.8. The molecule has 0 aromatic heterocycles. The van der Waals surface area contributed by atoms with Crippen molar-refractivity contribution in [2.75, 3.05) is 13.2 Å². The van der Waals surface area contributed by atoms with Crippen LogP contribution in [0.3, 0.4) is 0 Å². The number of hydrogen-bond donors (Lipinski definition) is 0. The molecule has 6 nitrogen and oxygen atoms in total. The summed E-state index contributed by atoms with van der Waals surface area (Å²) in [7, 11) is 0. The molecule has 0 saturated carbocycles. The third-order valence-corrected chi connectivity index (χ3v) is 13.7. The first-order valence-electron chi connectivity index (χ1n) is 32.7. The van der Waals surface area contributed by atoms with Crippen molar-refractivity contribution in [3.05, 3.63) is 134 Å². The van der Waals surface area contributed by atoms with E-state index in [0.29, 0.717) is 19.3 Å². The second-order valence-corrected chi connectivity index (χ2v) is 21.3. The number of unbranched alkanes of at least 4 members (excludes halogenated alkanes) is 25. The Morgan fingerprint density at radius 1 is 0.266 bits per heavy atom. The average Bonchev–Trinajstić information content (AvgIpc) is 3.45. The molecule has 0 N–H and O–H groups in total. The molecule has 0 spiro atoms. The number of carbonyl (C=O) groups excluding carboxylic acids is 3. The van der Waals surface area contributed by atoms with Crippen molar-refractivity contribution in [1.82, 2.24) is 0 Å². The van der Waals surface area contributed by atoms with Crippen LogP contribution in [0.4, 0.5) is 0 Å². The summed E-state index contributed by atoms with van der Waals surface area (Å²) < 4.78 is 16.8. The van der Waals surface area contributed by atoms with Gasteiger partial charge in [-0.15, -0.1) is 0 Å². The van der Waals surface area contributed by atoms with Gasteiger partial charge in [0.2, 0.25) is 0 Å². The number of hydrogen-bond acceptors (Lipinski definition) is 6. The summed E-state index contributed by atoms with van der Waals surface area (Å²) in [4.78, 5) is 38.1. The van der Waals surface area contributed by atoms with Gasteiger partial charge in [0.05, 0.1) is 0 Å². The summed E-state index contributed by atoms with van der Waals surface area (Å²) in [5.41, 5.74) is 0. The molecule has 0 aliphatic rings. The Labute approximate surface area is 487 Å². The third-order valence-electron chi connectivity index (χ3n) is 13.7. The van der Waals surface area contributed by atoms with Crippen LogP contribution in [0.25, 0.3) is 0 Å². The van der Waals surface area contributed by atoms with Crippen molar-refractivity contribution < 1.29 is 28.6 Å². The van der Waals surface area contributed by atoms with Crippen LogP contribution in [0.1, 0.15) is 290 Å². The van der Waals surface area contributed by atoms with Crippen molar-refractivity contribution in [2.24, 2.45) is 0 Å². The fourth-order valence-electron chi connectivity index (χ4n) is 8.84. The molecule has 0 bridgehead atoms. The molecule has 0 heterocycles. The van der Waals surface area contributed by atoms with Gasteiger partial charge >= 0.3 is 17.9 Å². The third kappa shape index (κ3) is 64.3. The Kier molecular flexibility index (Phi) is 62.3. The van der Waals surface area contributed by atoms with Crippen molar-refractivity contribution in [2.45, 2.75) is 297 Å². The Morgan fingerprint density at radius 3 is 0.810 bits per heavy atom. The van der Waals surface area contributed by atoms with E-state index in [-0.39, 0.29) is 37.5 Å². The van der Waals surface area contributed by atoms with Crippen LogP contribution in [-0.4, -0.2) is 37.2 Å². The zero-order valence-electron chi connectivity index (χ0n) is 51.3. The maximum absolute atomic E-state index is 12.8. The van der Waals surface area contributed by atoms with Crippen molar-refractivity contribution in [3.63, 3.8) is 0 Å². The number of allylic oxidation sites excluding steroid dienone is 22. The first kappa shape index (κ1) is 74.5. The Hall–Kier alpha value is -4.45. The normalized spacial score (nSPS) is 13.0. The van der Waals surface area contributed by atoms with Crippen LogP contribution in [-0.2, 0) is 28.6 Å². The SMILES string of the molecule is CC/C=C\C/C=C\C/C=C\C/C=C\C/C=C\C/C=C\C/C=C\CCCC(=O)OC(COC(=O)CCCCCCCCC)COC(=O)CCCCCCCCCCCCCCCCCCCC/C=C\C/C=C\C/C=C\C/C=C\CC. The van der Waals surface area contributed by atoms with E-state index in [0.717, 1.165) is 116 Å². The first-order chi connectivity index (χ1) is 39.0. The summed E-state index contributed by atoms with van der Waals surface area (Å²) in [6.45, 7) is 6.33. The highest BCUT2D eigenvalue weighted by molar-refractivity contribution is 5.71. The molecule has 0 rings (SSSR count). The van der Waals surface area contributed by atoms with Crippen molar-refractivity contribution >= 4 is 17.9 Å². The van der Waals surface area contributed by atoms with Gasteiger partial charge in [-0.3, -0.25) is 14.4 Å². The van der Waals surface area contributed by atoms with Gasteiger partial charge in [-0.2, -0.15) is 0 Å². The standard InChI is InChI=1S/C73H120O6/c1-4-7-10-13-16-18-20-22-24-26-28-30-32-33-34-35-36-37-38-39-41-42-44-46-48-50-52-54-57-60-63-66-72(75)78-69-70(68-77-71(74)65-62-59-56-15-12-9-6-3)79-73(76)67-64-61-58-55-53-51-49-47-45-43-40-31-29-27-25-23-21-19-17-14-11-8-5-2/h7-8,10-11,16-19,22-25,28-31,43,45,49,51,55,58,70H,4-6,9,12-15,20-21,26-27,32-42,44,46-48,50,52-54,56-57,59-69H2,1-3H3/b10-7-,11-8-,18-16-,19-17-,24-22-,25-23-,30-28-,31-29-,45-43-,51-49-,58-55-. The lowest BCUT2D eigenvalue weighted by molar-refractivity contribution is -0.167. The molecule has 0 aliphatic carbocycles. The average molecular weight is 1090 g/mol. The molecular weight excluding hydrogens is 973 g/mol. The topological polar surface area (TPSA) is 78.9 Å². The number of ether oxygens (including phenoxy) is 3. The lowest BCUT2D eigenvalue weighted by Gasteiger charge is -2.18. The zero-order chi connectivity index (χ0) is 57.1. The molecular formula is C73H120O6. The van der Waals surface area contributed by atoms with E-state index in [9.17, 15) is 14.4 Å². The summed E-state index contributed by atoms with van der Waals surface area (Å²) in [6, 6.07) is 0. The zero-order valence-corrected chi connectivity index (χ0v) is 51.3. The lowest BCUT2D eigenvalue weighted by Crippen LogP contribution is -2.30. The predicted molar refractivity (Wildman–Crippen MR) is 343 cm³/mol. The van der Waals surface area contributed by atoms with Gasteiger partial charge in [0.15, 0.2) is 6.10 Å². The smallest absolute Gasteiger partial charge is 0.306 e. The second kappa shape index (κ2) is 66.1. The largest absolute Gasteiger partial charge is 0.462 e. The number of carbonyl (C=O) groups is 3. The quantitative estimate of drug-likeness (QED) is 0.0261. The highest BCUT2D eigenvalue weighted by Crippen LogP contribution is 2.16. The molecule has 0 saturated heterocycles. The molecule has 0 amide bonds. The van der Waals surface area contributed by atoms with E-state index in [2.05, 4.69) is 154 Å². The van der Waals surface area contributed by atoms with E-state index in [1.54, 1.807) is 0 Å². The summed E-state index contributed by atoms with van der Waals surface area (Å²) >= 11 is 0. The second-order valence-electron chi connectivity index (χ2n) is 21.3. The summed E-state index contributed by atoms with van der Waals surface area (Å²) in [6.07, 6.45) is 93.6. The van der Waals surface area contributed by atoms with Crippen molar-refractivity contribution in [1.29, 1.82) is 0 Å². The van der Waals surface area contributed by atoms with Gasteiger partial charge in [0, 0.05) is 19.3 Å². The minimum atomic E-state index is -0.809. The fourth-order valence-corrected chi connectivity index (χ4v) is 8.84. The van der Waals surface area contributed by atoms with Crippen LogP contribution >= 0.6 is 0 Å². The monoisotopic (exact) mass is 1090 g/mol. The number of rotatable bonds is 58. The van der Waals surface area contributed by atoms with Gasteiger partial charge in [0.1, 0.15) is 13.2 Å². The molecule has 448 valence electrons. The Balaban J connectivity index is 4.17. The fraction of sp³-hybridized carbons (Fsp3) is 0.658. The van der Waals surface area contributed by atoms with Gasteiger partial charge in [-0.05, 0) is 109 Å². The molecule has 0 fully saturated rings. The van der Waals surface area contributed by atoms with Crippen LogP contribution in [0.2, 0.25) is 0 Å². The van der Waals surface area contributed by atoms with E-state index in [4.69, 9.17) is 14.2 Å². The van der Waals surface area contributed by atoms with E-state index < -0.39 is 6.10 Å². The van der Waals surface area contributed by atoms with Crippen LogP contribution < -0.4 is 0 Å². The van der Waals surface area contributed by atoms with E-state index in [1.807, 2.05) is 0 Å². The minimum Gasteiger partial charge on any atom is -0.462 e.